The second-order valence-corrected chi connectivity index (χ2v) is 7.11. The summed E-state index contributed by atoms with van der Waals surface area (Å²) in [7, 11) is 1.65. The summed E-state index contributed by atoms with van der Waals surface area (Å²) in [5, 5.41) is 5.51. The van der Waals surface area contributed by atoms with E-state index in [0.29, 0.717) is 5.02 Å². The molecule has 0 aliphatic carbocycles. The lowest BCUT2D eigenvalue weighted by Gasteiger charge is -2.01. The number of nitrogens with zero attached hydrogens (tertiary/aromatic N) is 3. The zero-order chi connectivity index (χ0) is 20.2. The number of aromatic nitrogens is 2. The topological polar surface area (TPSA) is 39.4 Å². The number of halogens is 1. The van der Waals surface area contributed by atoms with Gasteiger partial charge in [0.25, 0.3) is 0 Å². The molecule has 4 rings (SSSR count). The summed E-state index contributed by atoms with van der Waals surface area (Å²) < 4.78 is 7.05. The molecule has 0 bridgehead atoms. The zero-order valence-corrected chi connectivity index (χ0v) is 17.0. The molecule has 0 amide bonds. The molecule has 5 heteroatoms. The molecular weight excluding hydrogens is 382 g/mol. The van der Waals surface area contributed by atoms with Crippen molar-refractivity contribution in [1.29, 1.82) is 0 Å². The van der Waals surface area contributed by atoms with Crippen LogP contribution >= 0.6 is 11.6 Å². The highest BCUT2D eigenvalue weighted by molar-refractivity contribution is 6.30. The third-order valence-electron chi connectivity index (χ3n) is 4.58. The van der Waals surface area contributed by atoms with Crippen molar-refractivity contribution in [2.75, 3.05) is 7.11 Å². The average Bonchev–Trinajstić information content (AvgIpc) is 3.18. The van der Waals surface area contributed by atoms with Crippen LogP contribution in [0.3, 0.4) is 0 Å². The van der Waals surface area contributed by atoms with Gasteiger partial charge >= 0.3 is 0 Å². The summed E-state index contributed by atoms with van der Waals surface area (Å²) in [6.07, 6.45) is 3.82. The predicted octanol–water partition coefficient (Wildman–Crippen LogP) is 6.26. The minimum Gasteiger partial charge on any atom is -0.497 e. The molecule has 0 radical (unpaired) electrons. The Kier molecular flexibility index (Phi) is 5.45. The highest BCUT2D eigenvalue weighted by Gasteiger charge is 2.11. The summed E-state index contributed by atoms with van der Waals surface area (Å²) >= 11 is 6.03. The van der Waals surface area contributed by atoms with Gasteiger partial charge in [-0.05, 0) is 55.5 Å². The number of aryl methyl sites for hydroxylation is 1. The minimum absolute atomic E-state index is 0.695. The molecule has 0 atom stereocenters. The van der Waals surface area contributed by atoms with Gasteiger partial charge in [0.1, 0.15) is 11.4 Å². The molecule has 0 aliphatic heterocycles. The van der Waals surface area contributed by atoms with E-state index in [1.54, 1.807) is 7.11 Å². The standard InChI is InChI=1S/C24H20ClN3O/c1-17-3-5-18(6-4-17)24-19(15-26-21-9-13-23(29-2)14-10-21)16-28(27-24)22-11-7-20(25)8-12-22/h3-16H,1-2H3. The van der Waals surface area contributed by atoms with Crippen molar-refractivity contribution >= 4 is 23.5 Å². The molecule has 4 nitrogen and oxygen atoms in total. The van der Waals surface area contributed by atoms with Crippen LogP contribution in [-0.4, -0.2) is 23.1 Å². The third-order valence-corrected chi connectivity index (χ3v) is 4.84. The van der Waals surface area contributed by atoms with Crippen LogP contribution < -0.4 is 4.74 Å². The summed E-state index contributed by atoms with van der Waals surface area (Å²) in [4.78, 5) is 4.62. The molecule has 1 aromatic heterocycles. The van der Waals surface area contributed by atoms with Crippen molar-refractivity contribution in [1.82, 2.24) is 9.78 Å². The Morgan fingerprint density at radius 1 is 0.931 bits per heavy atom. The molecule has 0 unspecified atom stereocenters. The molecule has 0 aliphatic rings. The van der Waals surface area contributed by atoms with E-state index in [0.717, 1.165) is 33.9 Å². The van der Waals surface area contributed by atoms with Crippen LogP contribution in [0.5, 0.6) is 5.75 Å². The Balaban J connectivity index is 1.74. The maximum Gasteiger partial charge on any atom is 0.119 e. The number of aliphatic imine (C=N–C) groups is 1. The largest absolute Gasteiger partial charge is 0.497 e. The van der Waals surface area contributed by atoms with Crippen LogP contribution in [0.15, 0.2) is 84.0 Å². The van der Waals surface area contributed by atoms with Gasteiger partial charge < -0.3 is 4.74 Å². The Morgan fingerprint density at radius 3 is 2.28 bits per heavy atom. The lowest BCUT2D eigenvalue weighted by molar-refractivity contribution is 0.415. The summed E-state index contributed by atoms with van der Waals surface area (Å²) in [6.45, 7) is 2.07. The van der Waals surface area contributed by atoms with Crippen molar-refractivity contribution in [2.24, 2.45) is 4.99 Å². The number of methoxy groups -OCH3 is 1. The van der Waals surface area contributed by atoms with Gasteiger partial charge in [-0.1, -0.05) is 41.4 Å². The van der Waals surface area contributed by atoms with Crippen molar-refractivity contribution in [3.8, 4) is 22.7 Å². The minimum atomic E-state index is 0.695. The molecule has 29 heavy (non-hydrogen) atoms. The Bertz CT molecular complexity index is 1130. The summed E-state index contributed by atoms with van der Waals surface area (Å²) in [5.41, 5.74) is 5.84. The normalized spacial score (nSPS) is 11.1. The van der Waals surface area contributed by atoms with Gasteiger partial charge in [0, 0.05) is 28.6 Å². The number of rotatable bonds is 5. The fourth-order valence-electron chi connectivity index (χ4n) is 2.96. The van der Waals surface area contributed by atoms with Gasteiger partial charge in [-0.2, -0.15) is 5.10 Å². The highest BCUT2D eigenvalue weighted by Crippen LogP contribution is 2.25. The zero-order valence-electron chi connectivity index (χ0n) is 16.2. The first kappa shape index (κ1) is 19.0. The van der Waals surface area contributed by atoms with E-state index in [1.807, 2.05) is 65.6 Å². The van der Waals surface area contributed by atoms with Crippen molar-refractivity contribution in [2.45, 2.75) is 6.92 Å². The lowest BCUT2D eigenvalue weighted by atomic mass is 10.1. The van der Waals surface area contributed by atoms with Crippen LogP contribution in [-0.2, 0) is 0 Å². The van der Waals surface area contributed by atoms with Gasteiger partial charge in [-0.15, -0.1) is 0 Å². The summed E-state index contributed by atoms with van der Waals surface area (Å²) in [6, 6.07) is 23.6. The Hall–Kier alpha value is -3.37. The van der Waals surface area contributed by atoms with Gasteiger partial charge in [-0.3, -0.25) is 4.99 Å². The second kappa shape index (κ2) is 8.33. The maximum absolute atomic E-state index is 6.03. The van der Waals surface area contributed by atoms with E-state index in [-0.39, 0.29) is 0 Å². The van der Waals surface area contributed by atoms with Gasteiger partial charge in [0.05, 0.1) is 18.5 Å². The maximum atomic E-state index is 6.03. The quantitative estimate of drug-likeness (QED) is 0.370. The number of benzene rings is 3. The van der Waals surface area contributed by atoms with Gasteiger partial charge in [0.15, 0.2) is 0 Å². The van der Waals surface area contributed by atoms with E-state index in [1.165, 1.54) is 5.56 Å². The van der Waals surface area contributed by atoms with Crippen LogP contribution in [0.2, 0.25) is 5.02 Å². The molecule has 0 fully saturated rings. The number of hydrogen-bond donors (Lipinski definition) is 0. The van der Waals surface area contributed by atoms with E-state index in [2.05, 4.69) is 36.2 Å². The van der Waals surface area contributed by atoms with Crippen molar-refractivity contribution in [3.05, 3.63) is 95.1 Å². The van der Waals surface area contributed by atoms with Crippen molar-refractivity contribution in [3.63, 3.8) is 0 Å². The fraction of sp³-hybridized carbons (Fsp3) is 0.0833. The Morgan fingerprint density at radius 2 is 1.62 bits per heavy atom. The van der Waals surface area contributed by atoms with E-state index < -0.39 is 0 Å². The fourth-order valence-corrected chi connectivity index (χ4v) is 3.08. The smallest absolute Gasteiger partial charge is 0.119 e. The van der Waals surface area contributed by atoms with Crippen molar-refractivity contribution < 1.29 is 4.74 Å². The third kappa shape index (κ3) is 4.39. The molecule has 1 heterocycles. The molecular formula is C24H20ClN3O. The van der Waals surface area contributed by atoms with Crippen LogP contribution in [0, 0.1) is 6.92 Å². The van der Waals surface area contributed by atoms with Crippen LogP contribution in [0.25, 0.3) is 16.9 Å². The first-order valence-electron chi connectivity index (χ1n) is 9.23. The second-order valence-electron chi connectivity index (χ2n) is 6.68. The first-order valence-corrected chi connectivity index (χ1v) is 9.61. The predicted molar refractivity (Wildman–Crippen MR) is 119 cm³/mol. The average molecular weight is 402 g/mol. The molecule has 144 valence electrons. The SMILES string of the molecule is COc1ccc(N=Cc2cn(-c3ccc(Cl)cc3)nc2-c2ccc(C)cc2)cc1. The molecule has 0 saturated heterocycles. The molecule has 0 saturated carbocycles. The lowest BCUT2D eigenvalue weighted by Crippen LogP contribution is -1.94. The molecule has 3 aromatic carbocycles. The first-order chi connectivity index (χ1) is 14.1. The van der Waals surface area contributed by atoms with E-state index in [9.17, 15) is 0 Å². The Labute approximate surface area is 175 Å². The van der Waals surface area contributed by atoms with Gasteiger partial charge in [-0.25, -0.2) is 4.68 Å². The molecule has 0 spiro atoms. The highest BCUT2D eigenvalue weighted by atomic mass is 35.5. The van der Waals surface area contributed by atoms with Gasteiger partial charge in [0.2, 0.25) is 0 Å². The number of hydrogen-bond acceptors (Lipinski definition) is 3. The summed E-state index contributed by atoms with van der Waals surface area (Å²) in [5.74, 6) is 0.805. The van der Waals surface area contributed by atoms with Crippen LogP contribution in [0.4, 0.5) is 5.69 Å². The molecule has 4 aromatic rings. The number of ether oxygens (including phenoxy) is 1. The monoisotopic (exact) mass is 401 g/mol. The van der Waals surface area contributed by atoms with E-state index >= 15 is 0 Å². The van der Waals surface area contributed by atoms with E-state index in [4.69, 9.17) is 21.4 Å². The van der Waals surface area contributed by atoms with Crippen LogP contribution in [0.1, 0.15) is 11.1 Å². The molecule has 0 N–H and O–H groups in total.